The van der Waals surface area contributed by atoms with E-state index < -0.39 is 16.1 Å². The Morgan fingerprint density at radius 3 is 2.36 bits per heavy atom. The third-order valence-corrected chi connectivity index (χ3v) is 9.39. The van der Waals surface area contributed by atoms with E-state index in [1.165, 1.54) is 6.08 Å². The van der Waals surface area contributed by atoms with Crippen molar-refractivity contribution < 1.29 is 17.4 Å². The fraction of sp³-hybridized carbons (Fsp3) is 0.440. The lowest BCUT2D eigenvalue weighted by Gasteiger charge is -2.40. The minimum atomic E-state index is -2.65. The molecule has 8 heteroatoms. The number of hydrogen-bond donors (Lipinski definition) is 0. The molecule has 1 aliphatic carbocycles. The van der Waals surface area contributed by atoms with Gasteiger partial charge in [-0.3, -0.25) is 4.39 Å². The van der Waals surface area contributed by atoms with E-state index >= 15 is 0 Å². The van der Waals surface area contributed by atoms with E-state index in [2.05, 4.69) is 20.8 Å². The summed E-state index contributed by atoms with van der Waals surface area (Å²) >= 11 is 0. The highest BCUT2D eigenvalue weighted by atomic mass is 32.2. The highest BCUT2D eigenvalue weighted by molar-refractivity contribution is 7.99. The Labute approximate surface area is 199 Å². The Morgan fingerprint density at radius 2 is 1.82 bits per heavy atom. The van der Waals surface area contributed by atoms with E-state index in [1.54, 1.807) is 6.08 Å². The van der Waals surface area contributed by atoms with Gasteiger partial charge >= 0.3 is 0 Å². The zero-order valence-electron chi connectivity index (χ0n) is 19.6. The summed E-state index contributed by atoms with van der Waals surface area (Å²) in [6.07, 6.45) is 4.07. The normalized spacial score (nSPS) is 19.8. The zero-order chi connectivity index (χ0) is 24.6. The summed E-state index contributed by atoms with van der Waals surface area (Å²) in [7, 11) is 0.549. The first-order valence-corrected chi connectivity index (χ1v) is 13.1. The SMILES string of the molecule is C=C=S(=O)(C(C)c1ccccc1P)N1CCN(C2=C(CC)CC=CC=C2C(F)F)CC1.CF. The third-order valence-electron chi connectivity index (χ3n) is 6.10. The molecule has 0 spiro atoms. The Hall–Kier alpha value is -1.78. The predicted molar refractivity (Wildman–Crippen MR) is 138 cm³/mol. The average molecular weight is 499 g/mol. The van der Waals surface area contributed by atoms with Crippen molar-refractivity contribution >= 4 is 29.3 Å². The Balaban J connectivity index is 0.00000187. The van der Waals surface area contributed by atoms with Crippen LogP contribution in [0.2, 0.25) is 0 Å². The summed E-state index contributed by atoms with van der Waals surface area (Å²) in [6.45, 7) is 9.83. The number of alkyl halides is 3. The number of allylic oxidation sites excluding steroid dienone is 5. The van der Waals surface area contributed by atoms with Crippen LogP contribution < -0.4 is 5.30 Å². The van der Waals surface area contributed by atoms with Crippen LogP contribution in [0.3, 0.4) is 0 Å². The highest BCUT2D eigenvalue weighted by Crippen LogP contribution is 2.33. The largest absolute Gasteiger partial charge is 0.369 e. The quantitative estimate of drug-likeness (QED) is 0.405. The van der Waals surface area contributed by atoms with E-state index in [-0.39, 0.29) is 10.8 Å². The minimum absolute atomic E-state index is 0.0837. The van der Waals surface area contributed by atoms with Crippen molar-refractivity contribution in [3.8, 4) is 0 Å². The number of rotatable bonds is 6. The van der Waals surface area contributed by atoms with Crippen molar-refractivity contribution in [3.63, 3.8) is 0 Å². The number of halogens is 3. The summed E-state index contributed by atoms with van der Waals surface area (Å²) in [5, 5.41) is 3.58. The molecule has 1 aromatic rings. The van der Waals surface area contributed by atoms with Gasteiger partial charge < -0.3 is 4.90 Å². The Bertz CT molecular complexity index is 1050. The standard InChI is InChI=1S/C24H31F2N2OPS.CH3F/c1-4-19-10-6-7-12-21(24(25)26)23(19)27-14-16-28(17-15-27)31(29,5-2)18(3)20-11-8-9-13-22(20)30;1-2/h6-9,11-13,18,24H,2,4,10,14-17,30H2,1,3H3;1H3. The Morgan fingerprint density at radius 1 is 1.18 bits per heavy atom. The monoisotopic (exact) mass is 498 g/mol. The summed E-state index contributed by atoms with van der Waals surface area (Å²) in [6, 6.07) is 7.86. The number of nitrogens with zero attached hydrogens (tertiary/aromatic N) is 2. The molecule has 0 N–H and O–H groups in total. The van der Waals surface area contributed by atoms with Gasteiger partial charge in [0.2, 0.25) is 0 Å². The maximum Gasteiger partial charge on any atom is 0.265 e. The molecule has 3 unspecified atom stereocenters. The molecule has 1 heterocycles. The average Bonchev–Trinajstić information content (AvgIpc) is 3.07. The molecule has 2 aliphatic rings. The summed E-state index contributed by atoms with van der Waals surface area (Å²) in [5.41, 5.74) is 2.76. The van der Waals surface area contributed by atoms with Crippen LogP contribution in [0.15, 0.2) is 65.9 Å². The molecular weight excluding hydrogens is 464 g/mol. The molecular formula is C25H34F3N2OPS. The van der Waals surface area contributed by atoms with E-state index in [4.69, 9.17) is 0 Å². The highest BCUT2D eigenvalue weighted by Gasteiger charge is 2.32. The number of benzene rings is 1. The van der Waals surface area contributed by atoms with Gasteiger partial charge in [-0.25, -0.2) is 17.3 Å². The van der Waals surface area contributed by atoms with Crippen LogP contribution in [0.4, 0.5) is 13.2 Å². The smallest absolute Gasteiger partial charge is 0.265 e. The number of piperazine rings is 1. The molecule has 0 aromatic heterocycles. The lowest BCUT2D eigenvalue weighted by Crippen LogP contribution is -2.50. The molecule has 0 bridgehead atoms. The molecule has 3 atom stereocenters. The zero-order valence-corrected chi connectivity index (χ0v) is 21.5. The van der Waals surface area contributed by atoms with Crippen molar-refractivity contribution in [1.82, 2.24) is 9.21 Å². The number of hydrogen-bond acceptors (Lipinski definition) is 2. The van der Waals surface area contributed by atoms with Crippen LogP contribution in [0.5, 0.6) is 0 Å². The second kappa shape index (κ2) is 12.6. The van der Waals surface area contributed by atoms with Gasteiger partial charge in [-0.15, -0.1) is 9.24 Å². The molecule has 0 amide bonds. The lowest BCUT2D eigenvalue weighted by atomic mass is 10.0. The maximum atomic E-state index is 14.0. The van der Waals surface area contributed by atoms with E-state index in [0.29, 0.717) is 45.5 Å². The predicted octanol–water partition coefficient (Wildman–Crippen LogP) is 5.05. The van der Waals surface area contributed by atoms with Gasteiger partial charge in [0.05, 0.1) is 22.1 Å². The molecule has 182 valence electrons. The first kappa shape index (κ1) is 27.5. The van der Waals surface area contributed by atoms with Gasteiger partial charge in [-0.05, 0) is 42.8 Å². The second-order valence-corrected chi connectivity index (χ2v) is 11.0. The van der Waals surface area contributed by atoms with E-state index in [0.717, 1.165) is 22.9 Å². The van der Waals surface area contributed by atoms with Gasteiger partial charge in [-0.1, -0.05) is 54.4 Å². The van der Waals surface area contributed by atoms with Gasteiger partial charge in [0.1, 0.15) is 0 Å². The van der Waals surface area contributed by atoms with E-state index in [1.807, 2.05) is 53.4 Å². The fourth-order valence-corrected chi connectivity index (χ4v) is 7.05. The minimum Gasteiger partial charge on any atom is -0.369 e. The second-order valence-electron chi connectivity index (χ2n) is 7.76. The molecule has 3 rings (SSSR count). The van der Waals surface area contributed by atoms with Gasteiger partial charge in [0, 0.05) is 37.4 Å². The molecule has 0 saturated carbocycles. The molecule has 1 fully saturated rings. The van der Waals surface area contributed by atoms with Crippen molar-refractivity contribution in [3.05, 3.63) is 71.5 Å². The van der Waals surface area contributed by atoms with E-state index in [9.17, 15) is 17.4 Å². The third kappa shape index (κ3) is 6.02. The first-order valence-electron chi connectivity index (χ1n) is 11.0. The molecule has 0 radical (unpaired) electrons. The van der Waals surface area contributed by atoms with Crippen LogP contribution in [-0.4, -0.2) is 58.2 Å². The van der Waals surface area contributed by atoms with Crippen LogP contribution in [0, 0.1) is 0 Å². The van der Waals surface area contributed by atoms with Crippen molar-refractivity contribution in [2.24, 2.45) is 0 Å². The van der Waals surface area contributed by atoms with Crippen LogP contribution in [0.25, 0.3) is 0 Å². The van der Waals surface area contributed by atoms with Crippen LogP contribution in [-0.2, 0) is 9.71 Å². The summed E-state index contributed by atoms with van der Waals surface area (Å²) in [5.74, 6) is 0. The summed E-state index contributed by atoms with van der Waals surface area (Å²) in [4.78, 5) is 2.04. The van der Waals surface area contributed by atoms with Gasteiger partial charge in [-0.2, -0.15) is 0 Å². The lowest BCUT2D eigenvalue weighted by molar-refractivity contribution is 0.174. The fourth-order valence-electron chi connectivity index (χ4n) is 4.33. The molecule has 3 nitrogen and oxygen atoms in total. The topological polar surface area (TPSA) is 23.6 Å². The molecule has 1 saturated heterocycles. The first-order chi connectivity index (χ1) is 15.8. The van der Waals surface area contributed by atoms with Gasteiger partial charge in [0.15, 0.2) is 0 Å². The van der Waals surface area contributed by atoms with Crippen LogP contribution in [0.1, 0.15) is 37.5 Å². The van der Waals surface area contributed by atoms with Gasteiger partial charge in [0.25, 0.3) is 6.43 Å². The van der Waals surface area contributed by atoms with Crippen LogP contribution >= 0.6 is 9.24 Å². The molecule has 33 heavy (non-hydrogen) atoms. The Kier molecular flexibility index (Phi) is 10.5. The van der Waals surface area contributed by atoms with Crippen molar-refractivity contribution in [1.29, 1.82) is 0 Å². The van der Waals surface area contributed by atoms with Crippen molar-refractivity contribution in [2.75, 3.05) is 33.4 Å². The summed E-state index contributed by atoms with van der Waals surface area (Å²) < 4.78 is 53.1. The molecule has 1 aromatic carbocycles. The maximum absolute atomic E-state index is 14.0. The van der Waals surface area contributed by atoms with Crippen molar-refractivity contribution in [2.45, 2.75) is 38.4 Å². The molecule has 1 aliphatic heterocycles.